The van der Waals surface area contributed by atoms with E-state index in [-0.39, 0.29) is 0 Å². The molecule has 1 aliphatic rings. The fourth-order valence-corrected chi connectivity index (χ4v) is 3.01. The van der Waals surface area contributed by atoms with Gasteiger partial charge >= 0.3 is 0 Å². The minimum atomic E-state index is -0.417. The van der Waals surface area contributed by atoms with Gasteiger partial charge in [0.1, 0.15) is 4.88 Å². The van der Waals surface area contributed by atoms with Gasteiger partial charge in [-0.15, -0.1) is 11.3 Å². The van der Waals surface area contributed by atoms with Gasteiger partial charge in [0.15, 0.2) is 0 Å². The smallest absolute Gasteiger partial charge is 0.260 e. The summed E-state index contributed by atoms with van der Waals surface area (Å²) in [6, 6.07) is 0. The number of hydrogen-bond donors (Lipinski definition) is 2. The average molecular weight is 239 g/mol. The van der Waals surface area contributed by atoms with Crippen LogP contribution in [0.4, 0.5) is 10.7 Å². The molecule has 5 heteroatoms. The number of rotatable bonds is 4. The molecule has 4 N–H and O–H groups in total. The van der Waals surface area contributed by atoms with Gasteiger partial charge in [0.05, 0.1) is 10.7 Å². The normalized spacial score (nSPS) is 15.1. The first-order chi connectivity index (χ1) is 7.56. The van der Waals surface area contributed by atoms with E-state index in [1.165, 1.54) is 24.2 Å². The van der Waals surface area contributed by atoms with E-state index in [9.17, 15) is 4.79 Å². The van der Waals surface area contributed by atoms with Crippen LogP contribution in [0.2, 0.25) is 0 Å². The van der Waals surface area contributed by atoms with Crippen molar-refractivity contribution in [2.24, 2.45) is 5.73 Å². The van der Waals surface area contributed by atoms with Gasteiger partial charge in [-0.05, 0) is 25.7 Å². The third kappa shape index (κ3) is 1.75. The Labute approximate surface area is 99.2 Å². The van der Waals surface area contributed by atoms with Crippen molar-refractivity contribution in [3.8, 4) is 0 Å². The van der Waals surface area contributed by atoms with E-state index >= 15 is 0 Å². The molecule has 1 saturated carbocycles. The van der Waals surface area contributed by atoms with E-state index in [1.54, 1.807) is 0 Å². The van der Waals surface area contributed by atoms with Gasteiger partial charge in [0.2, 0.25) is 0 Å². The Morgan fingerprint density at radius 3 is 2.62 bits per heavy atom. The molecule has 16 heavy (non-hydrogen) atoms. The molecule has 0 saturated heterocycles. The molecule has 0 bridgehead atoms. The maximum absolute atomic E-state index is 11.3. The molecule has 0 aromatic carbocycles. The number of primary amides is 1. The molecule has 0 spiro atoms. The van der Waals surface area contributed by atoms with E-state index in [0.717, 1.165) is 17.1 Å². The predicted octanol–water partition coefficient (Wildman–Crippen LogP) is 1.76. The van der Waals surface area contributed by atoms with Crippen molar-refractivity contribution in [2.45, 2.75) is 25.7 Å². The zero-order chi connectivity index (χ0) is 11.9. The van der Waals surface area contributed by atoms with E-state index in [0.29, 0.717) is 16.5 Å². The second kappa shape index (κ2) is 3.97. The van der Waals surface area contributed by atoms with Crippen LogP contribution in [-0.2, 0) is 0 Å². The molecular weight excluding hydrogens is 222 g/mol. The van der Waals surface area contributed by atoms with Crippen LogP contribution in [0.3, 0.4) is 0 Å². The first-order valence-corrected chi connectivity index (χ1v) is 6.31. The second-order valence-electron chi connectivity index (χ2n) is 4.22. The summed E-state index contributed by atoms with van der Waals surface area (Å²) in [5.41, 5.74) is 13.1. The van der Waals surface area contributed by atoms with E-state index in [4.69, 9.17) is 11.5 Å². The Kier molecular flexibility index (Phi) is 2.80. The number of carbonyl (C=O) groups is 1. The first-order valence-electron chi connectivity index (χ1n) is 5.49. The highest BCUT2D eigenvalue weighted by Gasteiger charge is 2.33. The third-order valence-corrected chi connectivity index (χ3v) is 4.34. The van der Waals surface area contributed by atoms with E-state index < -0.39 is 5.91 Å². The van der Waals surface area contributed by atoms with Crippen molar-refractivity contribution in [1.29, 1.82) is 0 Å². The SMILES string of the molecule is CCN(C)c1sc(C(N)=O)c(N)c1C1CC1. The van der Waals surface area contributed by atoms with E-state index in [2.05, 4.69) is 11.8 Å². The Balaban J connectivity index is 2.49. The van der Waals surface area contributed by atoms with Gasteiger partial charge in [0, 0.05) is 19.2 Å². The van der Waals surface area contributed by atoms with Gasteiger partial charge in [-0.2, -0.15) is 0 Å². The molecule has 2 rings (SSSR count). The predicted molar refractivity (Wildman–Crippen MR) is 68.2 cm³/mol. The molecule has 0 unspecified atom stereocenters. The number of nitrogens with zero attached hydrogens (tertiary/aromatic N) is 1. The molecule has 0 radical (unpaired) electrons. The molecule has 1 heterocycles. The summed E-state index contributed by atoms with van der Waals surface area (Å²) in [5, 5.41) is 1.11. The molecule has 1 aromatic heterocycles. The number of carbonyl (C=O) groups excluding carboxylic acids is 1. The number of hydrogen-bond acceptors (Lipinski definition) is 4. The molecule has 1 aromatic rings. The standard InChI is InChI=1S/C11H17N3OS/c1-3-14(2)11-7(6-4-5-6)8(12)9(16-11)10(13)15/h6H,3-5,12H2,1-2H3,(H2,13,15). The molecule has 0 atom stereocenters. The summed E-state index contributed by atoms with van der Waals surface area (Å²) in [7, 11) is 2.02. The molecule has 1 fully saturated rings. The number of anilines is 2. The molecule has 1 amide bonds. The summed E-state index contributed by atoms with van der Waals surface area (Å²) in [6.07, 6.45) is 2.34. The minimum absolute atomic E-state index is 0.417. The second-order valence-corrected chi connectivity index (χ2v) is 5.22. The van der Waals surface area contributed by atoms with Gasteiger partial charge < -0.3 is 16.4 Å². The summed E-state index contributed by atoms with van der Waals surface area (Å²) < 4.78 is 0. The van der Waals surface area contributed by atoms with Crippen LogP contribution in [0.25, 0.3) is 0 Å². The van der Waals surface area contributed by atoms with Crippen molar-refractivity contribution >= 4 is 27.9 Å². The molecule has 88 valence electrons. The molecule has 1 aliphatic carbocycles. The van der Waals surface area contributed by atoms with Gasteiger partial charge in [-0.25, -0.2) is 0 Å². The highest BCUT2D eigenvalue weighted by molar-refractivity contribution is 7.18. The Bertz CT molecular complexity index is 423. The topological polar surface area (TPSA) is 72.3 Å². The molecular formula is C11H17N3OS. The maximum Gasteiger partial charge on any atom is 0.260 e. The number of nitrogens with two attached hydrogens (primary N) is 2. The van der Waals surface area contributed by atoms with Crippen LogP contribution >= 0.6 is 11.3 Å². The van der Waals surface area contributed by atoms with E-state index in [1.807, 2.05) is 7.05 Å². The highest BCUT2D eigenvalue weighted by Crippen LogP contribution is 2.51. The largest absolute Gasteiger partial charge is 0.397 e. The van der Waals surface area contributed by atoms with Crippen molar-refractivity contribution in [3.63, 3.8) is 0 Å². The summed E-state index contributed by atoms with van der Waals surface area (Å²) >= 11 is 1.42. The molecule has 4 nitrogen and oxygen atoms in total. The Hall–Kier alpha value is -1.23. The fourth-order valence-electron chi connectivity index (χ4n) is 1.82. The number of nitrogen functional groups attached to an aromatic ring is 1. The fraction of sp³-hybridized carbons (Fsp3) is 0.545. The lowest BCUT2D eigenvalue weighted by atomic mass is 10.1. The summed E-state index contributed by atoms with van der Waals surface area (Å²) in [5.74, 6) is 0.119. The maximum atomic E-state index is 11.3. The van der Waals surface area contributed by atoms with Crippen molar-refractivity contribution in [1.82, 2.24) is 0 Å². The van der Waals surface area contributed by atoms with Crippen LogP contribution in [-0.4, -0.2) is 19.5 Å². The first kappa shape index (κ1) is 11.3. The molecule has 0 aliphatic heterocycles. The van der Waals surface area contributed by atoms with Crippen LogP contribution in [0, 0.1) is 0 Å². The Morgan fingerprint density at radius 2 is 2.19 bits per heavy atom. The lowest BCUT2D eigenvalue weighted by Gasteiger charge is -2.16. The highest BCUT2D eigenvalue weighted by atomic mass is 32.1. The Morgan fingerprint density at radius 1 is 1.56 bits per heavy atom. The third-order valence-electron chi connectivity index (χ3n) is 2.99. The van der Waals surface area contributed by atoms with Crippen molar-refractivity contribution in [3.05, 3.63) is 10.4 Å². The summed E-state index contributed by atoms with van der Waals surface area (Å²) in [4.78, 5) is 13.9. The van der Waals surface area contributed by atoms with Crippen LogP contribution in [0.5, 0.6) is 0 Å². The monoisotopic (exact) mass is 239 g/mol. The van der Waals surface area contributed by atoms with Crippen LogP contribution in [0.15, 0.2) is 0 Å². The average Bonchev–Trinajstić information content (AvgIpc) is 3.01. The lowest BCUT2D eigenvalue weighted by molar-refractivity contribution is 0.100. The van der Waals surface area contributed by atoms with Gasteiger partial charge in [0.25, 0.3) is 5.91 Å². The lowest BCUT2D eigenvalue weighted by Crippen LogP contribution is -2.15. The van der Waals surface area contributed by atoms with Crippen molar-refractivity contribution < 1.29 is 4.79 Å². The zero-order valence-corrected chi connectivity index (χ0v) is 10.4. The number of amides is 1. The van der Waals surface area contributed by atoms with Crippen molar-refractivity contribution in [2.75, 3.05) is 24.2 Å². The minimum Gasteiger partial charge on any atom is -0.397 e. The van der Waals surface area contributed by atoms with Gasteiger partial charge in [-0.3, -0.25) is 4.79 Å². The van der Waals surface area contributed by atoms with Crippen LogP contribution < -0.4 is 16.4 Å². The van der Waals surface area contributed by atoms with Crippen LogP contribution in [0.1, 0.15) is 40.9 Å². The quantitative estimate of drug-likeness (QED) is 0.841. The zero-order valence-electron chi connectivity index (χ0n) is 9.62. The van der Waals surface area contributed by atoms with Gasteiger partial charge in [-0.1, -0.05) is 0 Å². The summed E-state index contributed by atoms with van der Waals surface area (Å²) in [6.45, 7) is 2.98. The number of thiophene rings is 1.